The molecule has 154 valence electrons. The Morgan fingerprint density at radius 1 is 0.933 bits per heavy atom. The van der Waals surface area contributed by atoms with Crippen LogP contribution in [0.3, 0.4) is 0 Å². The molecule has 3 aromatic rings. The first kappa shape index (κ1) is 19.9. The number of carbonyl (C=O) groups is 2. The number of aryl methyl sites for hydroxylation is 1. The van der Waals surface area contributed by atoms with Crippen molar-refractivity contribution in [3.8, 4) is 11.1 Å². The third-order valence-electron chi connectivity index (χ3n) is 5.75. The second-order valence-corrected chi connectivity index (χ2v) is 7.41. The minimum atomic E-state index is -0.405. The van der Waals surface area contributed by atoms with Gasteiger partial charge in [0.05, 0.1) is 11.3 Å². The molecule has 1 aliphatic rings. The summed E-state index contributed by atoms with van der Waals surface area (Å²) in [7, 11) is 0. The molecule has 2 aromatic carbocycles. The van der Waals surface area contributed by atoms with Crippen molar-refractivity contribution in [3.63, 3.8) is 0 Å². The molecule has 2 heterocycles. The van der Waals surface area contributed by atoms with Gasteiger partial charge in [0, 0.05) is 43.1 Å². The van der Waals surface area contributed by atoms with Crippen molar-refractivity contribution in [2.24, 2.45) is 0 Å². The number of rotatable bonds is 5. The van der Waals surface area contributed by atoms with E-state index >= 15 is 0 Å². The van der Waals surface area contributed by atoms with Crippen LogP contribution < -0.4 is 15.4 Å². The molecule has 0 radical (unpaired) electrons. The molecule has 30 heavy (non-hydrogen) atoms. The Labute approximate surface area is 174 Å². The first-order valence-electron chi connectivity index (χ1n) is 10.2. The standard InChI is InChI=1S/C24H24N2O4/c1-4-25(5-2)18-10-11-19-15(3)23(24(29)30-20(19)14-18)16-6-8-17(9-7-16)26-21(27)12-13-22(26)28/h6-11,14H,4-5,12-13H2,1-3H3. The van der Waals surface area contributed by atoms with Crippen LogP contribution in [0.15, 0.2) is 51.7 Å². The third kappa shape index (κ3) is 3.28. The molecule has 0 N–H and O–H groups in total. The lowest BCUT2D eigenvalue weighted by molar-refractivity contribution is -0.121. The largest absolute Gasteiger partial charge is 0.422 e. The molecule has 1 aliphatic heterocycles. The normalized spacial score (nSPS) is 14.0. The van der Waals surface area contributed by atoms with Gasteiger partial charge in [-0.05, 0) is 56.2 Å². The van der Waals surface area contributed by atoms with Gasteiger partial charge in [-0.15, -0.1) is 0 Å². The Morgan fingerprint density at radius 3 is 2.17 bits per heavy atom. The van der Waals surface area contributed by atoms with Crippen LogP contribution in [-0.2, 0) is 9.59 Å². The van der Waals surface area contributed by atoms with E-state index in [0.29, 0.717) is 22.4 Å². The third-order valence-corrected chi connectivity index (χ3v) is 5.75. The summed E-state index contributed by atoms with van der Waals surface area (Å²) in [5.74, 6) is -0.392. The van der Waals surface area contributed by atoms with E-state index in [2.05, 4.69) is 18.7 Å². The van der Waals surface area contributed by atoms with Gasteiger partial charge in [-0.1, -0.05) is 12.1 Å². The predicted octanol–water partition coefficient (Wildman–Crippen LogP) is 4.27. The van der Waals surface area contributed by atoms with Gasteiger partial charge in [0.1, 0.15) is 5.58 Å². The van der Waals surface area contributed by atoms with Crippen LogP contribution in [0.1, 0.15) is 32.3 Å². The van der Waals surface area contributed by atoms with E-state index < -0.39 is 5.63 Å². The monoisotopic (exact) mass is 404 g/mol. The molecule has 0 spiro atoms. The number of anilines is 2. The van der Waals surface area contributed by atoms with Crippen LogP contribution in [-0.4, -0.2) is 24.9 Å². The lowest BCUT2D eigenvalue weighted by Crippen LogP contribution is -2.28. The Balaban J connectivity index is 1.76. The minimum absolute atomic E-state index is 0.196. The quantitative estimate of drug-likeness (QED) is 0.469. The number of carbonyl (C=O) groups excluding carboxylic acids is 2. The van der Waals surface area contributed by atoms with E-state index in [1.54, 1.807) is 24.3 Å². The van der Waals surface area contributed by atoms with Crippen molar-refractivity contribution in [2.45, 2.75) is 33.6 Å². The van der Waals surface area contributed by atoms with Crippen molar-refractivity contribution in [3.05, 3.63) is 58.4 Å². The molecule has 0 bridgehead atoms. The number of fused-ring (bicyclic) bond motifs is 1. The van der Waals surface area contributed by atoms with Crippen molar-refractivity contribution in [1.29, 1.82) is 0 Å². The minimum Gasteiger partial charge on any atom is -0.422 e. The summed E-state index contributed by atoms with van der Waals surface area (Å²) in [6.45, 7) is 7.83. The van der Waals surface area contributed by atoms with Crippen molar-refractivity contribution in [2.75, 3.05) is 22.9 Å². The van der Waals surface area contributed by atoms with Gasteiger partial charge in [-0.3, -0.25) is 14.5 Å². The summed E-state index contributed by atoms with van der Waals surface area (Å²) in [5, 5.41) is 0.884. The van der Waals surface area contributed by atoms with Gasteiger partial charge >= 0.3 is 5.63 Å². The maximum atomic E-state index is 12.8. The molecule has 6 nitrogen and oxygen atoms in total. The number of hydrogen-bond donors (Lipinski definition) is 0. The number of nitrogens with zero attached hydrogens (tertiary/aromatic N) is 2. The van der Waals surface area contributed by atoms with Gasteiger partial charge in [0.15, 0.2) is 0 Å². The lowest BCUT2D eigenvalue weighted by Gasteiger charge is -2.21. The zero-order valence-electron chi connectivity index (χ0n) is 17.4. The maximum Gasteiger partial charge on any atom is 0.344 e. The second kappa shape index (κ2) is 7.78. The zero-order valence-corrected chi connectivity index (χ0v) is 17.4. The molecule has 0 saturated carbocycles. The fourth-order valence-electron chi connectivity index (χ4n) is 4.11. The average Bonchev–Trinajstić information content (AvgIpc) is 3.07. The van der Waals surface area contributed by atoms with Crippen molar-refractivity contribution in [1.82, 2.24) is 0 Å². The lowest BCUT2D eigenvalue weighted by atomic mass is 9.99. The molecule has 1 fully saturated rings. The van der Waals surface area contributed by atoms with Gasteiger partial charge < -0.3 is 9.32 Å². The molecule has 4 rings (SSSR count). The van der Waals surface area contributed by atoms with E-state index in [4.69, 9.17) is 4.42 Å². The molecule has 0 atom stereocenters. The van der Waals surface area contributed by atoms with Crippen molar-refractivity contribution >= 4 is 34.2 Å². The highest BCUT2D eigenvalue weighted by Gasteiger charge is 2.30. The maximum absolute atomic E-state index is 12.8. The van der Waals surface area contributed by atoms with Crippen LogP contribution in [0.25, 0.3) is 22.1 Å². The fourth-order valence-corrected chi connectivity index (χ4v) is 4.11. The second-order valence-electron chi connectivity index (χ2n) is 7.41. The zero-order chi connectivity index (χ0) is 21.4. The van der Waals surface area contributed by atoms with Crippen LogP contribution >= 0.6 is 0 Å². The summed E-state index contributed by atoms with van der Waals surface area (Å²) in [4.78, 5) is 40.1. The predicted molar refractivity (Wildman–Crippen MR) is 118 cm³/mol. The summed E-state index contributed by atoms with van der Waals surface area (Å²) in [6.07, 6.45) is 0.479. The first-order valence-corrected chi connectivity index (χ1v) is 10.2. The van der Waals surface area contributed by atoms with Crippen LogP contribution in [0.5, 0.6) is 0 Å². The van der Waals surface area contributed by atoms with E-state index in [-0.39, 0.29) is 24.7 Å². The smallest absolute Gasteiger partial charge is 0.344 e. The van der Waals surface area contributed by atoms with Gasteiger partial charge in [0.2, 0.25) is 11.8 Å². The molecule has 0 unspecified atom stereocenters. The van der Waals surface area contributed by atoms with E-state index in [1.807, 2.05) is 25.1 Å². The molecule has 1 aromatic heterocycles. The number of hydrogen-bond acceptors (Lipinski definition) is 5. The van der Waals surface area contributed by atoms with Crippen LogP contribution in [0.2, 0.25) is 0 Å². The van der Waals surface area contributed by atoms with Crippen LogP contribution in [0, 0.1) is 6.92 Å². The van der Waals surface area contributed by atoms with Gasteiger partial charge in [-0.25, -0.2) is 4.79 Å². The average molecular weight is 404 g/mol. The Hall–Kier alpha value is -3.41. The van der Waals surface area contributed by atoms with E-state index in [0.717, 1.165) is 29.7 Å². The SMILES string of the molecule is CCN(CC)c1ccc2c(C)c(-c3ccc(N4C(=O)CCC4=O)cc3)c(=O)oc2c1. The highest BCUT2D eigenvalue weighted by Crippen LogP contribution is 2.31. The number of amides is 2. The van der Waals surface area contributed by atoms with E-state index in [1.165, 1.54) is 4.90 Å². The number of benzene rings is 2. The summed E-state index contributed by atoms with van der Waals surface area (Å²) in [5.41, 5.74) is 3.73. The molecular formula is C24H24N2O4. The van der Waals surface area contributed by atoms with Crippen molar-refractivity contribution < 1.29 is 14.0 Å². The summed E-state index contributed by atoms with van der Waals surface area (Å²) < 4.78 is 5.67. The van der Waals surface area contributed by atoms with Gasteiger partial charge in [-0.2, -0.15) is 0 Å². The Morgan fingerprint density at radius 2 is 1.57 bits per heavy atom. The Kier molecular flexibility index (Phi) is 5.16. The molecular weight excluding hydrogens is 380 g/mol. The Bertz CT molecular complexity index is 1170. The van der Waals surface area contributed by atoms with Crippen LogP contribution in [0.4, 0.5) is 11.4 Å². The molecule has 1 saturated heterocycles. The first-order chi connectivity index (χ1) is 14.4. The van der Waals surface area contributed by atoms with E-state index in [9.17, 15) is 14.4 Å². The molecule has 2 amide bonds. The highest BCUT2D eigenvalue weighted by atomic mass is 16.4. The highest BCUT2D eigenvalue weighted by molar-refractivity contribution is 6.19. The fraction of sp³-hybridized carbons (Fsp3) is 0.292. The summed E-state index contributed by atoms with van der Waals surface area (Å²) in [6, 6.07) is 12.8. The molecule has 6 heteroatoms. The molecule has 0 aliphatic carbocycles. The number of imide groups is 1. The van der Waals surface area contributed by atoms with Gasteiger partial charge in [0.25, 0.3) is 0 Å². The topological polar surface area (TPSA) is 70.8 Å². The summed E-state index contributed by atoms with van der Waals surface area (Å²) >= 11 is 0.